The fourth-order valence-electron chi connectivity index (χ4n) is 2.53. The zero-order valence-electron chi connectivity index (χ0n) is 10.1. The lowest BCUT2D eigenvalue weighted by atomic mass is 9.97. The topological polar surface area (TPSA) is 46.4 Å². The van der Waals surface area contributed by atoms with Crippen LogP contribution in [0.15, 0.2) is 0 Å². The van der Waals surface area contributed by atoms with Crippen molar-refractivity contribution in [1.82, 2.24) is 15.5 Å². The number of piperidine rings is 1. The SMILES string of the molecule is CC(C(=O)N1CCCCC1)C1CNCC[N]1. The molecule has 1 N–H and O–H groups in total. The first-order valence-corrected chi connectivity index (χ1v) is 6.45. The van der Waals surface area contributed by atoms with Crippen molar-refractivity contribution in [2.24, 2.45) is 5.92 Å². The number of likely N-dealkylation sites (tertiary alicyclic amines) is 1. The average molecular weight is 224 g/mol. The van der Waals surface area contributed by atoms with Gasteiger partial charge in [0.2, 0.25) is 5.91 Å². The fraction of sp³-hybridized carbons (Fsp3) is 0.917. The summed E-state index contributed by atoms with van der Waals surface area (Å²) >= 11 is 0. The molecule has 0 saturated carbocycles. The van der Waals surface area contributed by atoms with Gasteiger partial charge in [0.1, 0.15) is 0 Å². The smallest absolute Gasteiger partial charge is 0.227 e. The number of carbonyl (C=O) groups is 1. The number of hydrogen-bond donors (Lipinski definition) is 1. The maximum Gasteiger partial charge on any atom is 0.227 e. The molecular weight excluding hydrogens is 202 g/mol. The Hall–Kier alpha value is -0.610. The van der Waals surface area contributed by atoms with Gasteiger partial charge in [-0.3, -0.25) is 4.79 Å². The van der Waals surface area contributed by atoms with Crippen LogP contribution in [-0.2, 0) is 4.79 Å². The Morgan fingerprint density at radius 2 is 2.12 bits per heavy atom. The van der Waals surface area contributed by atoms with E-state index in [1.165, 1.54) is 19.3 Å². The van der Waals surface area contributed by atoms with Gasteiger partial charge in [0.25, 0.3) is 0 Å². The second-order valence-electron chi connectivity index (χ2n) is 4.85. The number of nitrogens with zero attached hydrogens (tertiary/aromatic N) is 2. The van der Waals surface area contributed by atoms with Crippen molar-refractivity contribution < 1.29 is 4.79 Å². The highest BCUT2D eigenvalue weighted by molar-refractivity contribution is 5.79. The van der Waals surface area contributed by atoms with Gasteiger partial charge >= 0.3 is 0 Å². The van der Waals surface area contributed by atoms with E-state index in [4.69, 9.17) is 0 Å². The van der Waals surface area contributed by atoms with E-state index in [1.807, 2.05) is 11.8 Å². The molecule has 4 nitrogen and oxygen atoms in total. The number of amides is 1. The van der Waals surface area contributed by atoms with E-state index in [2.05, 4.69) is 10.6 Å². The van der Waals surface area contributed by atoms with Gasteiger partial charge in [-0.25, -0.2) is 5.32 Å². The van der Waals surface area contributed by atoms with E-state index in [0.717, 1.165) is 32.7 Å². The molecule has 0 aromatic rings. The first-order chi connectivity index (χ1) is 7.79. The van der Waals surface area contributed by atoms with Crippen molar-refractivity contribution in [3.63, 3.8) is 0 Å². The summed E-state index contributed by atoms with van der Waals surface area (Å²) in [5, 5.41) is 7.84. The largest absolute Gasteiger partial charge is 0.342 e. The van der Waals surface area contributed by atoms with Crippen LogP contribution >= 0.6 is 0 Å². The van der Waals surface area contributed by atoms with Crippen molar-refractivity contribution in [3.05, 3.63) is 0 Å². The van der Waals surface area contributed by atoms with Crippen LogP contribution in [0.4, 0.5) is 0 Å². The number of hydrogen-bond acceptors (Lipinski definition) is 2. The summed E-state index contributed by atoms with van der Waals surface area (Å²) in [4.78, 5) is 14.3. The highest BCUT2D eigenvalue weighted by Crippen LogP contribution is 2.15. The van der Waals surface area contributed by atoms with Gasteiger partial charge in [-0.15, -0.1) is 0 Å². The Morgan fingerprint density at radius 3 is 2.75 bits per heavy atom. The Kier molecular flexibility index (Phi) is 4.18. The Morgan fingerprint density at radius 1 is 1.38 bits per heavy atom. The minimum Gasteiger partial charge on any atom is -0.342 e. The molecule has 2 atom stereocenters. The molecule has 91 valence electrons. The number of piperazine rings is 1. The second-order valence-corrected chi connectivity index (χ2v) is 4.85. The van der Waals surface area contributed by atoms with E-state index >= 15 is 0 Å². The zero-order valence-corrected chi connectivity index (χ0v) is 10.1. The monoisotopic (exact) mass is 224 g/mol. The van der Waals surface area contributed by atoms with Gasteiger partial charge < -0.3 is 10.2 Å². The molecule has 2 fully saturated rings. The van der Waals surface area contributed by atoms with Crippen molar-refractivity contribution in [1.29, 1.82) is 0 Å². The standard InChI is InChI=1S/C12H22N3O/c1-10(11-9-13-5-6-14-11)12(16)15-7-3-2-4-8-15/h10-11,13H,2-9H2,1H3. The van der Waals surface area contributed by atoms with E-state index in [9.17, 15) is 4.79 Å². The third-order valence-electron chi connectivity index (χ3n) is 3.64. The Bertz CT molecular complexity index is 232. The van der Waals surface area contributed by atoms with Crippen LogP contribution in [0, 0.1) is 5.92 Å². The molecular formula is C12H22N3O. The first-order valence-electron chi connectivity index (χ1n) is 6.45. The van der Waals surface area contributed by atoms with Gasteiger partial charge in [0.15, 0.2) is 0 Å². The summed E-state index contributed by atoms with van der Waals surface area (Å²) in [7, 11) is 0. The molecule has 0 bridgehead atoms. The molecule has 0 aromatic carbocycles. The van der Waals surface area contributed by atoms with Crippen LogP contribution in [-0.4, -0.2) is 49.6 Å². The third-order valence-corrected chi connectivity index (χ3v) is 3.64. The summed E-state index contributed by atoms with van der Waals surface area (Å²) in [5.41, 5.74) is 0. The van der Waals surface area contributed by atoms with Gasteiger partial charge in [0, 0.05) is 38.8 Å². The van der Waals surface area contributed by atoms with Crippen molar-refractivity contribution in [2.75, 3.05) is 32.7 Å². The van der Waals surface area contributed by atoms with Crippen LogP contribution in [0.1, 0.15) is 26.2 Å². The van der Waals surface area contributed by atoms with Crippen LogP contribution in [0.25, 0.3) is 0 Å². The number of rotatable bonds is 2. The Balaban J connectivity index is 1.86. The molecule has 1 radical (unpaired) electrons. The van der Waals surface area contributed by atoms with Crippen LogP contribution in [0.2, 0.25) is 0 Å². The predicted octanol–water partition coefficient (Wildman–Crippen LogP) is 0.211. The quantitative estimate of drug-likeness (QED) is 0.729. The molecule has 2 heterocycles. The van der Waals surface area contributed by atoms with Crippen molar-refractivity contribution in [2.45, 2.75) is 32.2 Å². The minimum absolute atomic E-state index is 0.0471. The molecule has 2 saturated heterocycles. The highest BCUT2D eigenvalue weighted by atomic mass is 16.2. The summed E-state index contributed by atoms with van der Waals surface area (Å²) in [6, 6.07) is 0.183. The fourth-order valence-corrected chi connectivity index (χ4v) is 2.53. The van der Waals surface area contributed by atoms with Crippen LogP contribution < -0.4 is 10.6 Å². The third kappa shape index (κ3) is 2.74. The molecule has 1 amide bonds. The summed E-state index contributed by atoms with van der Waals surface area (Å²) in [6.07, 6.45) is 3.60. The summed E-state index contributed by atoms with van der Waals surface area (Å²) in [6.45, 7) is 6.59. The normalized spacial score (nSPS) is 28.8. The lowest BCUT2D eigenvalue weighted by molar-refractivity contribution is -0.137. The van der Waals surface area contributed by atoms with E-state index in [0.29, 0.717) is 5.91 Å². The van der Waals surface area contributed by atoms with Gasteiger partial charge in [-0.1, -0.05) is 6.92 Å². The van der Waals surface area contributed by atoms with Crippen molar-refractivity contribution >= 4 is 5.91 Å². The number of nitrogens with one attached hydrogen (secondary N) is 1. The van der Waals surface area contributed by atoms with E-state index in [-0.39, 0.29) is 12.0 Å². The molecule has 4 heteroatoms. The first kappa shape index (κ1) is 11.9. The molecule has 2 rings (SSSR count). The lowest BCUT2D eigenvalue weighted by Gasteiger charge is -2.33. The van der Waals surface area contributed by atoms with Crippen molar-refractivity contribution in [3.8, 4) is 0 Å². The van der Waals surface area contributed by atoms with E-state index < -0.39 is 0 Å². The molecule has 2 aliphatic rings. The summed E-state index contributed by atoms with van der Waals surface area (Å²) in [5.74, 6) is 0.350. The molecule has 2 unspecified atom stereocenters. The Labute approximate surface area is 97.8 Å². The minimum atomic E-state index is 0.0471. The van der Waals surface area contributed by atoms with E-state index in [1.54, 1.807) is 0 Å². The molecule has 0 aromatic heterocycles. The average Bonchev–Trinajstić information content (AvgIpc) is 2.39. The summed E-state index contributed by atoms with van der Waals surface area (Å²) < 4.78 is 0. The van der Waals surface area contributed by atoms with Gasteiger partial charge in [-0.05, 0) is 19.3 Å². The van der Waals surface area contributed by atoms with Crippen LogP contribution in [0.5, 0.6) is 0 Å². The van der Waals surface area contributed by atoms with Gasteiger partial charge in [0.05, 0.1) is 5.92 Å². The second kappa shape index (κ2) is 5.64. The number of carbonyl (C=O) groups excluding carboxylic acids is 1. The van der Waals surface area contributed by atoms with Gasteiger partial charge in [-0.2, -0.15) is 0 Å². The maximum absolute atomic E-state index is 12.2. The zero-order chi connectivity index (χ0) is 11.4. The lowest BCUT2D eigenvalue weighted by Crippen LogP contribution is -2.52. The maximum atomic E-state index is 12.2. The molecule has 0 spiro atoms. The molecule has 0 aliphatic carbocycles. The molecule has 16 heavy (non-hydrogen) atoms. The molecule has 2 aliphatic heterocycles. The predicted molar refractivity (Wildman–Crippen MR) is 63.3 cm³/mol. The highest BCUT2D eigenvalue weighted by Gasteiger charge is 2.29. The van der Waals surface area contributed by atoms with Crippen LogP contribution in [0.3, 0.4) is 0 Å².